The molecule has 442 valence electrons. The van der Waals surface area contributed by atoms with Crippen LogP contribution in [0.4, 0.5) is 0 Å². The Labute approximate surface area is 468 Å². The maximum absolute atomic E-state index is 13.1. The van der Waals surface area contributed by atoms with Crippen LogP contribution in [-0.4, -0.2) is 89.2 Å². The van der Waals surface area contributed by atoms with E-state index < -0.39 is 67.3 Å². The third kappa shape index (κ3) is 42.7. The van der Waals surface area contributed by atoms with Crippen molar-refractivity contribution in [2.45, 2.75) is 302 Å². The van der Waals surface area contributed by atoms with Crippen molar-refractivity contribution in [3.63, 3.8) is 0 Å². The largest absolute Gasteiger partial charge is 0.479 e. The minimum Gasteiger partial charge on any atom is -0.479 e. The lowest BCUT2D eigenvalue weighted by atomic mass is 9.98. The first-order chi connectivity index (χ1) is 37.6. The minimum atomic E-state index is -1.91. The zero-order chi connectivity index (χ0) is 56.1. The van der Waals surface area contributed by atoms with Crippen LogP contribution in [0.3, 0.4) is 0 Å². The summed E-state index contributed by atoms with van der Waals surface area (Å²) >= 11 is 0. The van der Waals surface area contributed by atoms with E-state index in [0.29, 0.717) is 19.3 Å². The van der Waals surface area contributed by atoms with E-state index in [2.05, 4.69) is 93.7 Å². The molecule has 0 radical (unpaired) electrons. The summed E-state index contributed by atoms with van der Waals surface area (Å²) < 4.78 is 28.4. The Kier molecular flexibility index (Phi) is 48.8. The Bertz CT molecular complexity index is 1620. The van der Waals surface area contributed by atoms with Crippen LogP contribution in [0, 0.1) is 0 Å². The molecule has 12 nitrogen and oxygen atoms in total. The maximum atomic E-state index is 13.1. The fourth-order valence-corrected chi connectivity index (χ4v) is 8.98. The van der Waals surface area contributed by atoms with Gasteiger partial charge in [-0.15, -0.1) is 0 Å². The number of esters is 3. The summed E-state index contributed by atoms with van der Waals surface area (Å²) in [4.78, 5) is 51.1. The molecular formula is C65H110O12. The fourth-order valence-electron chi connectivity index (χ4n) is 8.98. The summed E-state index contributed by atoms with van der Waals surface area (Å²) in [5.41, 5.74) is 0. The lowest BCUT2D eigenvalue weighted by molar-refractivity contribution is -0.301. The minimum absolute atomic E-state index is 0.0301. The molecule has 3 N–H and O–H groups in total. The zero-order valence-corrected chi connectivity index (χ0v) is 48.7. The third-order valence-corrected chi connectivity index (χ3v) is 13.7. The molecular weight excluding hydrogens is 973 g/mol. The van der Waals surface area contributed by atoms with Gasteiger partial charge >= 0.3 is 23.9 Å². The molecule has 1 aliphatic rings. The molecule has 12 heteroatoms. The highest BCUT2D eigenvalue weighted by molar-refractivity contribution is 5.74. The molecule has 6 unspecified atom stereocenters. The van der Waals surface area contributed by atoms with Crippen LogP contribution in [0.2, 0.25) is 0 Å². The summed E-state index contributed by atoms with van der Waals surface area (Å²) in [6, 6.07) is 0. The van der Waals surface area contributed by atoms with E-state index in [1.807, 2.05) is 0 Å². The number of aliphatic hydroxyl groups excluding tert-OH is 2. The monoisotopic (exact) mass is 1080 g/mol. The first kappa shape index (κ1) is 71.2. The number of hydrogen-bond acceptors (Lipinski definition) is 11. The fraction of sp³-hybridized carbons (Fsp3) is 0.754. The molecule has 0 bridgehead atoms. The molecule has 0 spiro atoms. The number of carboxylic acids is 1. The standard InChI is InChI=1S/C65H110O12/c1-4-7-10-13-16-19-22-24-26-28-29-31-32-34-37-39-42-45-48-51-57(66)73-54-56(75-58(67)52-49-46-43-40-36-21-18-15-12-9-6-3)55-74-65-63(61(70)60(69)62(77-65)64(71)72)76-59(68)53-50-47-44-41-38-35-33-30-27-25-23-20-17-14-11-8-5-2/h8,11,15,17-18,20,24-27,33,35,56,60-63,65,69-70H,4-7,9-10,12-14,16,19,21-23,28-32,34,36-55H2,1-3H3,(H,71,72)/b11-8-,18-15-,20-17-,26-24-,27-25-,35-33-. The summed E-state index contributed by atoms with van der Waals surface area (Å²) in [5.74, 6) is -3.16. The molecule has 1 rings (SSSR count). The van der Waals surface area contributed by atoms with E-state index in [-0.39, 0.29) is 25.9 Å². The quantitative estimate of drug-likeness (QED) is 0.0228. The molecule has 77 heavy (non-hydrogen) atoms. The van der Waals surface area contributed by atoms with Gasteiger partial charge in [-0.2, -0.15) is 0 Å². The first-order valence-electron chi connectivity index (χ1n) is 30.9. The Morgan fingerprint density at radius 1 is 0.442 bits per heavy atom. The van der Waals surface area contributed by atoms with Crippen molar-refractivity contribution >= 4 is 23.9 Å². The van der Waals surface area contributed by atoms with Gasteiger partial charge in [0.25, 0.3) is 0 Å². The van der Waals surface area contributed by atoms with Crippen molar-refractivity contribution in [3.8, 4) is 0 Å². The van der Waals surface area contributed by atoms with E-state index in [9.17, 15) is 34.5 Å². The van der Waals surface area contributed by atoms with Gasteiger partial charge in [0.05, 0.1) is 6.61 Å². The summed E-state index contributed by atoms with van der Waals surface area (Å²) in [6.45, 7) is 5.83. The summed E-state index contributed by atoms with van der Waals surface area (Å²) in [7, 11) is 0. The van der Waals surface area contributed by atoms with Gasteiger partial charge in [-0.05, 0) is 103 Å². The predicted octanol–water partition coefficient (Wildman–Crippen LogP) is 16.1. The van der Waals surface area contributed by atoms with Crippen LogP contribution in [-0.2, 0) is 42.9 Å². The van der Waals surface area contributed by atoms with Crippen molar-refractivity contribution < 1.29 is 58.2 Å². The number of aliphatic hydroxyl groups is 2. The molecule has 0 aromatic carbocycles. The summed E-state index contributed by atoms with van der Waals surface area (Å²) in [6.07, 6.45) is 54.4. The smallest absolute Gasteiger partial charge is 0.335 e. The highest BCUT2D eigenvalue weighted by Gasteiger charge is 2.50. The molecule has 0 saturated carbocycles. The number of hydrogen-bond donors (Lipinski definition) is 3. The highest BCUT2D eigenvalue weighted by atomic mass is 16.7. The number of rotatable bonds is 52. The highest BCUT2D eigenvalue weighted by Crippen LogP contribution is 2.26. The number of carbonyl (C=O) groups is 4. The van der Waals surface area contributed by atoms with Crippen molar-refractivity contribution in [1.29, 1.82) is 0 Å². The molecule has 1 heterocycles. The van der Waals surface area contributed by atoms with Crippen LogP contribution in [0.5, 0.6) is 0 Å². The number of aliphatic carboxylic acids is 1. The second-order valence-corrected chi connectivity index (χ2v) is 20.9. The van der Waals surface area contributed by atoms with Crippen molar-refractivity contribution in [2.24, 2.45) is 0 Å². The van der Waals surface area contributed by atoms with Crippen molar-refractivity contribution in [2.75, 3.05) is 13.2 Å². The van der Waals surface area contributed by atoms with Gasteiger partial charge in [0.1, 0.15) is 18.8 Å². The van der Waals surface area contributed by atoms with Crippen LogP contribution in [0.25, 0.3) is 0 Å². The van der Waals surface area contributed by atoms with E-state index >= 15 is 0 Å². The van der Waals surface area contributed by atoms with Gasteiger partial charge in [-0.1, -0.05) is 216 Å². The van der Waals surface area contributed by atoms with Crippen molar-refractivity contribution in [3.05, 3.63) is 72.9 Å². The van der Waals surface area contributed by atoms with E-state index in [0.717, 1.165) is 109 Å². The van der Waals surface area contributed by atoms with Gasteiger partial charge < -0.3 is 39.0 Å². The number of ether oxygens (including phenoxy) is 5. The summed E-state index contributed by atoms with van der Waals surface area (Å²) in [5, 5.41) is 31.5. The van der Waals surface area contributed by atoms with Gasteiger partial charge in [-0.25, -0.2) is 4.79 Å². The second kappa shape index (κ2) is 52.8. The van der Waals surface area contributed by atoms with Gasteiger partial charge in [0, 0.05) is 19.3 Å². The van der Waals surface area contributed by atoms with Gasteiger partial charge in [-0.3, -0.25) is 14.4 Å². The Morgan fingerprint density at radius 2 is 0.831 bits per heavy atom. The molecule has 1 fully saturated rings. The molecule has 0 aliphatic carbocycles. The number of carbonyl (C=O) groups excluding carboxylic acids is 3. The molecule has 6 atom stereocenters. The van der Waals surface area contributed by atoms with Crippen LogP contribution in [0.15, 0.2) is 72.9 Å². The first-order valence-corrected chi connectivity index (χ1v) is 30.9. The van der Waals surface area contributed by atoms with Crippen molar-refractivity contribution in [1.82, 2.24) is 0 Å². The number of allylic oxidation sites excluding steroid dienone is 12. The Morgan fingerprint density at radius 3 is 1.30 bits per heavy atom. The normalized spacial score (nSPS) is 18.5. The number of carboxylic acid groups (broad SMARTS) is 1. The molecule has 0 amide bonds. The second-order valence-electron chi connectivity index (χ2n) is 20.9. The van der Waals surface area contributed by atoms with E-state index in [1.165, 1.54) is 96.3 Å². The molecule has 0 aromatic rings. The third-order valence-electron chi connectivity index (χ3n) is 13.7. The lowest BCUT2D eigenvalue weighted by Gasteiger charge is -2.40. The average Bonchev–Trinajstić information content (AvgIpc) is 3.42. The van der Waals surface area contributed by atoms with Crippen LogP contribution < -0.4 is 0 Å². The Balaban J connectivity index is 2.65. The zero-order valence-electron chi connectivity index (χ0n) is 48.7. The average molecular weight is 1080 g/mol. The van der Waals surface area contributed by atoms with Gasteiger partial charge in [0.15, 0.2) is 24.6 Å². The lowest BCUT2D eigenvalue weighted by Crippen LogP contribution is -2.61. The van der Waals surface area contributed by atoms with Gasteiger partial charge in [0.2, 0.25) is 0 Å². The van der Waals surface area contributed by atoms with E-state index in [4.69, 9.17) is 23.7 Å². The predicted molar refractivity (Wildman–Crippen MR) is 312 cm³/mol. The van der Waals surface area contributed by atoms with Crippen LogP contribution >= 0.6 is 0 Å². The number of unbranched alkanes of at least 4 members (excludes halogenated alkanes) is 26. The van der Waals surface area contributed by atoms with E-state index in [1.54, 1.807) is 0 Å². The SMILES string of the molecule is CC/C=C\C/C=C\C/C=C\C/C=C\CCCCCCC(=O)OC1C(OCC(COC(=O)CCCCCCCCCCC/C=C\CCCCCCCC)OC(=O)CCCCCCC/C=C\CCCC)OC(C(=O)O)C(O)C1O. The molecule has 1 saturated heterocycles. The molecule has 0 aromatic heterocycles. The molecule has 1 aliphatic heterocycles. The maximum Gasteiger partial charge on any atom is 0.335 e. The Hall–Kier alpha value is -3.84. The van der Waals surface area contributed by atoms with Crippen LogP contribution in [0.1, 0.15) is 265 Å². The topological polar surface area (TPSA) is 175 Å².